The molecule has 0 spiro atoms. The van der Waals surface area contributed by atoms with Crippen LogP contribution in [0.3, 0.4) is 0 Å². The van der Waals surface area contributed by atoms with Crippen LogP contribution >= 0.6 is 0 Å². The van der Waals surface area contributed by atoms with Crippen molar-refractivity contribution in [2.75, 3.05) is 0 Å². The summed E-state index contributed by atoms with van der Waals surface area (Å²) in [6, 6.07) is 0. The highest BCUT2D eigenvalue weighted by Gasteiger charge is 2.79. The minimum atomic E-state index is -5.87. The first-order chi connectivity index (χ1) is 12.0. The highest BCUT2D eigenvalue weighted by molar-refractivity contribution is 5.24. The molecule has 4 bridgehead atoms. The molecular formula is C18H20F6O2. The molecule has 0 aliphatic heterocycles. The molecular weight excluding hydrogens is 362 g/mol. The van der Waals surface area contributed by atoms with E-state index in [4.69, 9.17) is 0 Å². The monoisotopic (exact) mass is 382 g/mol. The Hall–Kier alpha value is -0.760. The van der Waals surface area contributed by atoms with Crippen molar-refractivity contribution in [3.05, 3.63) is 12.2 Å². The van der Waals surface area contributed by atoms with Crippen LogP contribution in [0.5, 0.6) is 0 Å². The van der Waals surface area contributed by atoms with Crippen LogP contribution in [0.1, 0.15) is 19.3 Å². The van der Waals surface area contributed by atoms with E-state index in [1.165, 1.54) is 0 Å². The van der Waals surface area contributed by atoms with Gasteiger partial charge in [-0.15, -0.1) is 0 Å². The van der Waals surface area contributed by atoms with Gasteiger partial charge in [-0.2, -0.15) is 26.3 Å². The average molecular weight is 382 g/mol. The molecule has 0 aromatic rings. The molecule has 8 heteroatoms. The second kappa shape index (κ2) is 4.80. The Bertz CT molecular complexity index is 641. The summed E-state index contributed by atoms with van der Waals surface area (Å²) < 4.78 is 79.7. The lowest BCUT2D eigenvalue weighted by molar-refractivity contribution is -0.390. The first kappa shape index (κ1) is 17.3. The minimum absolute atomic E-state index is 0.0272. The van der Waals surface area contributed by atoms with Gasteiger partial charge < -0.3 is 10.2 Å². The van der Waals surface area contributed by atoms with Crippen molar-refractivity contribution in [3.63, 3.8) is 0 Å². The molecule has 0 saturated heterocycles. The lowest BCUT2D eigenvalue weighted by Crippen LogP contribution is -2.63. The van der Waals surface area contributed by atoms with Gasteiger partial charge in [-0.1, -0.05) is 12.2 Å². The molecule has 0 amide bonds. The van der Waals surface area contributed by atoms with E-state index in [9.17, 15) is 36.6 Å². The second-order valence-corrected chi connectivity index (χ2v) is 9.00. The molecule has 0 heterocycles. The van der Waals surface area contributed by atoms with Crippen LogP contribution in [0.15, 0.2) is 12.2 Å². The average Bonchev–Trinajstić information content (AvgIpc) is 3.27. The SMILES string of the molecule is OC1C2C(CC1C(O)(C(F)(F)F)C(F)(F)F)C1CC2C2C3C=CC(C3)C12. The van der Waals surface area contributed by atoms with Crippen LogP contribution in [0.4, 0.5) is 26.3 Å². The summed E-state index contributed by atoms with van der Waals surface area (Å²) in [5, 5.41) is 20.4. The highest BCUT2D eigenvalue weighted by atomic mass is 19.4. The molecule has 0 aromatic carbocycles. The second-order valence-electron chi connectivity index (χ2n) is 9.00. The largest absolute Gasteiger partial charge is 0.426 e. The van der Waals surface area contributed by atoms with E-state index in [0.717, 1.165) is 12.8 Å². The molecule has 0 radical (unpaired) electrons. The number of allylic oxidation sites excluding steroid dienone is 2. The Labute approximate surface area is 146 Å². The van der Waals surface area contributed by atoms with Gasteiger partial charge in [0, 0.05) is 5.92 Å². The van der Waals surface area contributed by atoms with E-state index < -0.39 is 42.3 Å². The Morgan fingerprint density at radius 2 is 1.19 bits per heavy atom. The van der Waals surface area contributed by atoms with Crippen LogP contribution in [-0.2, 0) is 0 Å². The summed E-state index contributed by atoms with van der Waals surface area (Å²) >= 11 is 0. The number of alkyl halides is 6. The van der Waals surface area contributed by atoms with E-state index in [1.54, 1.807) is 0 Å². The third-order valence-electron chi connectivity index (χ3n) is 8.39. The molecule has 10 unspecified atom stereocenters. The van der Waals surface area contributed by atoms with Crippen LogP contribution in [0, 0.1) is 53.3 Å². The maximum absolute atomic E-state index is 13.3. The molecule has 4 fully saturated rings. The quantitative estimate of drug-likeness (QED) is 0.414. The first-order valence-corrected chi connectivity index (χ1v) is 9.19. The molecule has 26 heavy (non-hydrogen) atoms. The van der Waals surface area contributed by atoms with Crippen molar-refractivity contribution in [2.45, 2.75) is 43.3 Å². The number of hydrogen-bond acceptors (Lipinski definition) is 2. The maximum Gasteiger partial charge on any atom is 0.426 e. The summed E-state index contributed by atoms with van der Waals surface area (Å²) in [6.07, 6.45) is -7.83. The van der Waals surface area contributed by atoms with E-state index in [1.807, 2.05) is 0 Å². The van der Waals surface area contributed by atoms with Gasteiger partial charge in [0.25, 0.3) is 5.60 Å². The third-order valence-corrected chi connectivity index (χ3v) is 8.39. The Kier molecular flexibility index (Phi) is 3.20. The fourth-order valence-corrected chi connectivity index (χ4v) is 7.75. The van der Waals surface area contributed by atoms with Gasteiger partial charge in [0.1, 0.15) is 0 Å². The standard InChI is InChI=1S/C18H20F6O2/c19-17(20,21)16(26,18(22,23)24)11-5-9-8-4-10(14(9)15(11)25)13-7-2-1-6(3-7)12(8)13/h1-2,6-15,25-26H,3-5H2. The molecule has 4 saturated carbocycles. The lowest BCUT2D eigenvalue weighted by atomic mass is 9.65. The first-order valence-electron chi connectivity index (χ1n) is 9.19. The maximum atomic E-state index is 13.3. The van der Waals surface area contributed by atoms with Gasteiger partial charge in [0.15, 0.2) is 0 Å². The van der Waals surface area contributed by atoms with Crippen molar-refractivity contribution < 1.29 is 36.6 Å². The number of fused-ring (bicyclic) bond motifs is 12. The lowest BCUT2D eigenvalue weighted by Gasteiger charge is -2.41. The normalized spacial score (nSPS) is 52.0. The zero-order valence-electron chi connectivity index (χ0n) is 13.7. The molecule has 2 N–H and O–H groups in total. The van der Waals surface area contributed by atoms with Crippen LogP contribution in [-0.4, -0.2) is 34.3 Å². The molecule has 2 nitrogen and oxygen atoms in total. The molecule has 5 aliphatic carbocycles. The number of rotatable bonds is 1. The van der Waals surface area contributed by atoms with E-state index in [2.05, 4.69) is 12.2 Å². The number of halogens is 6. The van der Waals surface area contributed by atoms with Gasteiger partial charge in [-0.05, 0) is 66.6 Å². The Balaban J connectivity index is 1.50. The summed E-state index contributed by atoms with van der Waals surface area (Å²) in [7, 11) is 0. The van der Waals surface area contributed by atoms with Gasteiger partial charge in [0.2, 0.25) is 0 Å². The number of hydrogen-bond donors (Lipinski definition) is 2. The van der Waals surface area contributed by atoms with Crippen LogP contribution in [0.2, 0.25) is 0 Å². The summed E-state index contributed by atoms with van der Waals surface area (Å²) in [6.45, 7) is 0. The van der Waals surface area contributed by atoms with Gasteiger partial charge in [0.05, 0.1) is 6.10 Å². The van der Waals surface area contributed by atoms with Crippen LogP contribution < -0.4 is 0 Å². The predicted octanol–water partition coefficient (Wildman–Crippen LogP) is 3.54. The van der Waals surface area contributed by atoms with Gasteiger partial charge in [-0.3, -0.25) is 0 Å². The number of aliphatic hydroxyl groups excluding tert-OH is 1. The predicted molar refractivity (Wildman–Crippen MR) is 77.5 cm³/mol. The molecule has 5 aliphatic rings. The summed E-state index contributed by atoms with van der Waals surface area (Å²) in [5.41, 5.74) is -4.85. The van der Waals surface area contributed by atoms with Crippen molar-refractivity contribution >= 4 is 0 Å². The molecule has 10 atom stereocenters. The minimum Gasteiger partial charge on any atom is -0.392 e. The third kappa shape index (κ3) is 1.79. The Morgan fingerprint density at radius 3 is 1.73 bits per heavy atom. The number of aliphatic hydroxyl groups is 2. The zero-order valence-corrected chi connectivity index (χ0v) is 13.7. The van der Waals surface area contributed by atoms with Gasteiger partial charge in [-0.25, -0.2) is 0 Å². The molecule has 0 aromatic heterocycles. The van der Waals surface area contributed by atoms with Crippen molar-refractivity contribution in [1.82, 2.24) is 0 Å². The Morgan fingerprint density at radius 1 is 0.692 bits per heavy atom. The van der Waals surface area contributed by atoms with E-state index in [-0.39, 0.29) is 23.7 Å². The molecule has 5 rings (SSSR count). The molecule has 146 valence electrons. The van der Waals surface area contributed by atoms with Crippen LogP contribution in [0.25, 0.3) is 0 Å². The van der Waals surface area contributed by atoms with E-state index >= 15 is 0 Å². The summed E-state index contributed by atoms with van der Waals surface area (Å²) in [4.78, 5) is 0. The fourth-order valence-electron chi connectivity index (χ4n) is 7.75. The smallest absolute Gasteiger partial charge is 0.392 e. The van der Waals surface area contributed by atoms with Crippen molar-refractivity contribution in [1.29, 1.82) is 0 Å². The van der Waals surface area contributed by atoms with E-state index in [0.29, 0.717) is 17.8 Å². The highest BCUT2D eigenvalue weighted by Crippen LogP contribution is 2.73. The fraction of sp³-hybridized carbons (Fsp3) is 0.889. The van der Waals surface area contributed by atoms with Crippen molar-refractivity contribution in [2.24, 2.45) is 53.3 Å². The summed E-state index contributed by atoms with van der Waals surface area (Å²) in [5.74, 6) is -1.80. The van der Waals surface area contributed by atoms with Gasteiger partial charge >= 0.3 is 12.4 Å². The van der Waals surface area contributed by atoms with Crippen molar-refractivity contribution in [3.8, 4) is 0 Å². The zero-order chi connectivity index (χ0) is 18.8. The topological polar surface area (TPSA) is 40.5 Å².